The zero-order valence-corrected chi connectivity index (χ0v) is 16.0. The summed E-state index contributed by atoms with van der Waals surface area (Å²) in [5.41, 5.74) is 3.44. The summed E-state index contributed by atoms with van der Waals surface area (Å²) < 4.78 is 5.57. The van der Waals surface area contributed by atoms with Gasteiger partial charge in [-0.25, -0.2) is 4.98 Å². The summed E-state index contributed by atoms with van der Waals surface area (Å²) in [4.78, 5) is 17.7. The minimum absolute atomic E-state index is 0.0750. The normalized spacial score (nSPS) is 15.7. The van der Waals surface area contributed by atoms with E-state index in [4.69, 9.17) is 4.74 Å². The first-order valence-electron chi connectivity index (χ1n) is 9.54. The molecule has 138 valence electrons. The molecule has 0 saturated heterocycles. The molecule has 0 radical (unpaired) electrons. The number of nitrogens with one attached hydrogen (secondary N) is 1. The summed E-state index contributed by atoms with van der Waals surface area (Å²) in [5.74, 6) is 0.683. The van der Waals surface area contributed by atoms with Gasteiger partial charge in [0.25, 0.3) is 0 Å². The Morgan fingerprint density at radius 2 is 1.81 bits per heavy atom. The van der Waals surface area contributed by atoms with Crippen LogP contribution in [0.4, 0.5) is 5.69 Å². The fourth-order valence-corrected chi connectivity index (χ4v) is 3.70. The molecular weight excluding hydrogens is 324 g/mol. The summed E-state index contributed by atoms with van der Waals surface area (Å²) in [6.45, 7) is 6.69. The highest BCUT2D eigenvalue weighted by Crippen LogP contribution is 2.42. The Labute approximate surface area is 156 Å². The zero-order valence-electron chi connectivity index (χ0n) is 16.0. The number of ether oxygens (including phenoxy) is 1. The highest BCUT2D eigenvalue weighted by Gasteiger charge is 2.42. The summed E-state index contributed by atoms with van der Waals surface area (Å²) >= 11 is 0. The van der Waals surface area contributed by atoms with Gasteiger partial charge in [-0.05, 0) is 44.7 Å². The molecule has 4 nitrogen and oxygen atoms in total. The van der Waals surface area contributed by atoms with Gasteiger partial charge < -0.3 is 10.1 Å². The van der Waals surface area contributed by atoms with Crippen molar-refractivity contribution < 1.29 is 9.53 Å². The van der Waals surface area contributed by atoms with Gasteiger partial charge in [-0.2, -0.15) is 0 Å². The standard InChI is InChI=1S/C22H28N2O2/c1-4-15-26-20-12-11-19(17(3)23-20)24-21(25)22(13-5-6-14-22)18-9-7-16(2)8-10-18/h7-12H,4-6,13-15H2,1-3H3,(H,24,25). The van der Waals surface area contributed by atoms with Gasteiger partial charge in [0, 0.05) is 6.07 Å². The van der Waals surface area contributed by atoms with Crippen molar-refractivity contribution in [1.29, 1.82) is 0 Å². The third kappa shape index (κ3) is 3.74. The third-order valence-electron chi connectivity index (χ3n) is 5.26. The average Bonchev–Trinajstić information content (AvgIpc) is 3.13. The molecule has 1 fully saturated rings. The fourth-order valence-electron chi connectivity index (χ4n) is 3.70. The van der Waals surface area contributed by atoms with Crippen molar-refractivity contribution in [2.75, 3.05) is 11.9 Å². The van der Waals surface area contributed by atoms with Gasteiger partial charge >= 0.3 is 0 Å². The van der Waals surface area contributed by atoms with Crippen molar-refractivity contribution in [3.05, 3.63) is 53.2 Å². The van der Waals surface area contributed by atoms with E-state index in [1.165, 1.54) is 5.56 Å². The highest BCUT2D eigenvalue weighted by molar-refractivity contribution is 5.99. The number of hydrogen-bond acceptors (Lipinski definition) is 3. The summed E-state index contributed by atoms with van der Waals surface area (Å²) in [6, 6.07) is 12.1. The van der Waals surface area contributed by atoms with Crippen LogP contribution in [0.15, 0.2) is 36.4 Å². The van der Waals surface area contributed by atoms with Crippen molar-refractivity contribution in [2.24, 2.45) is 0 Å². The molecule has 2 aromatic rings. The smallest absolute Gasteiger partial charge is 0.235 e. The van der Waals surface area contributed by atoms with Crippen molar-refractivity contribution >= 4 is 11.6 Å². The topological polar surface area (TPSA) is 51.2 Å². The van der Waals surface area contributed by atoms with E-state index in [-0.39, 0.29) is 5.91 Å². The monoisotopic (exact) mass is 352 g/mol. The number of nitrogens with zero attached hydrogens (tertiary/aromatic N) is 1. The van der Waals surface area contributed by atoms with Crippen molar-refractivity contribution in [1.82, 2.24) is 4.98 Å². The van der Waals surface area contributed by atoms with Crippen LogP contribution in [0.25, 0.3) is 0 Å². The van der Waals surface area contributed by atoms with Crippen LogP contribution in [0.5, 0.6) is 5.88 Å². The molecule has 1 aliphatic rings. The van der Waals surface area contributed by atoms with Crippen LogP contribution in [-0.4, -0.2) is 17.5 Å². The Balaban J connectivity index is 1.82. The first-order chi connectivity index (χ1) is 12.5. The second-order valence-corrected chi connectivity index (χ2v) is 7.24. The number of benzene rings is 1. The number of rotatable bonds is 6. The van der Waals surface area contributed by atoms with Gasteiger partial charge in [-0.15, -0.1) is 0 Å². The molecular formula is C22H28N2O2. The third-order valence-corrected chi connectivity index (χ3v) is 5.26. The Morgan fingerprint density at radius 3 is 2.42 bits per heavy atom. The molecule has 1 saturated carbocycles. The predicted molar refractivity (Wildman–Crippen MR) is 105 cm³/mol. The Bertz CT molecular complexity index is 762. The number of pyridine rings is 1. The maximum Gasteiger partial charge on any atom is 0.235 e. The van der Waals surface area contributed by atoms with E-state index in [0.29, 0.717) is 12.5 Å². The quantitative estimate of drug-likeness (QED) is 0.801. The van der Waals surface area contributed by atoms with Gasteiger partial charge in [0.1, 0.15) is 0 Å². The highest BCUT2D eigenvalue weighted by atomic mass is 16.5. The van der Waals surface area contributed by atoms with E-state index in [0.717, 1.165) is 49.0 Å². The largest absolute Gasteiger partial charge is 0.478 e. The molecule has 0 bridgehead atoms. The Hall–Kier alpha value is -2.36. The molecule has 1 heterocycles. The van der Waals surface area contributed by atoms with Gasteiger partial charge in [-0.1, -0.05) is 49.6 Å². The van der Waals surface area contributed by atoms with E-state index in [1.807, 2.05) is 19.1 Å². The van der Waals surface area contributed by atoms with Gasteiger partial charge in [0.15, 0.2) is 0 Å². The lowest BCUT2D eigenvalue weighted by molar-refractivity contribution is -0.121. The number of carbonyl (C=O) groups is 1. The lowest BCUT2D eigenvalue weighted by atomic mass is 9.77. The molecule has 4 heteroatoms. The molecule has 1 amide bonds. The van der Waals surface area contributed by atoms with Crippen LogP contribution in [0.3, 0.4) is 0 Å². The lowest BCUT2D eigenvalue weighted by Crippen LogP contribution is -2.38. The van der Waals surface area contributed by atoms with Crippen molar-refractivity contribution in [3.63, 3.8) is 0 Å². The van der Waals surface area contributed by atoms with Crippen molar-refractivity contribution in [3.8, 4) is 5.88 Å². The molecule has 0 aliphatic heterocycles. The minimum Gasteiger partial charge on any atom is -0.478 e. The SMILES string of the molecule is CCCOc1ccc(NC(=O)C2(c3ccc(C)cc3)CCCC2)c(C)n1. The van der Waals surface area contributed by atoms with Gasteiger partial charge in [0.2, 0.25) is 11.8 Å². The van der Waals surface area contributed by atoms with E-state index in [9.17, 15) is 4.79 Å². The zero-order chi connectivity index (χ0) is 18.6. The number of hydrogen-bond donors (Lipinski definition) is 1. The van der Waals surface area contributed by atoms with Gasteiger partial charge in [-0.3, -0.25) is 4.79 Å². The van der Waals surface area contributed by atoms with Crippen LogP contribution >= 0.6 is 0 Å². The van der Waals surface area contributed by atoms with E-state index in [1.54, 1.807) is 0 Å². The Kier molecular flexibility index (Phi) is 5.60. The number of carbonyl (C=O) groups excluding carboxylic acids is 1. The van der Waals surface area contributed by atoms with E-state index < -0.39 is 5.41 Å². The predicted octanol–water partition coefficient (Wildman–Crippen LogP) is 4.94. The van der Waals surface area contributed by atoms with Crippen molar-refractivity contribution in [2.45, 2.75) is 58.3 Å². The van der Waals surface area contributed by atoms with Crippen LogP contribution in [0.1, 0.15) is 55.8 Å². The fraction of sp³-hybridized carbons (Fsp3) is 0.455. The molecule has 0 spiro atoms. The second kappa shape index (κ2) is 7.90. The summed E-state index contributed by atoms with van der Waals surface area (Å²) in [7, 11) is 0. The molecule has 1 aliphatic carbocycles. The minimum atomic E-state index is -0.433. The van der Waals surface area contributed by atoms with Crippen LogP contribution in [0, 0.1) is 13.8 Å². The maximum atomic E-state index is 13.3. The van der Waals surface area contributed by atoms with Crippen LogP contribution in [-0.2, 0) is 10.2 Å². The molecule has 3 rings (SSSR count). The summed E-state index contributed by atoms with van der Waals surface area (Å²) in [6.07, 6.45) is 4.90. The maximum absolute atomic E-state index is 13.3. The first kappa shape index (κ1) is 18.4. The molecule has 1 aromatic carbocycles. The first-order valence-corrected chi connectivity index (χ1v) is 9.54. The molecule has 26 heavy (non-hydrogen) atoms. The molecule has 1 aromatic heterocycles. The average molecular weight is 352 g/mol. The lowest BCUT2D eigenvalue weighted by Gasteiger charge is -2.28. The number of aromatic nitrogens is 1. The molecule has 0 unspecified atom stereocenters. The van der Waals surface area contributed by atoms with Crippen LogP contribution in [0.2, 0.25) is 0 Å². The van der Waals surface area contributed by atoms with Crippen LogP contribution < -0.4 is 10.1 Å². The van der Waals surface area contributed by atoms with Gasteiger partial charge in [0.05, 0.1) is 23.4 Å². The van der Waals surface area contributed by atoms with E-state index in [2.05, 4.69) is 48.4 Å². The Morgan fingerprint density at radius 1 is 1.12 bits per heavy atom. The number of aryl methyl sites for hydroxylation is 2. The second-order valence-electron chi connectivity index (χ2n) is 7.24. The summed E-state index contributed by atoms with van der Waals surface area (Å²) in [5, 5.41) is 3.13. The molecule has 1 N–H and O–H groups in total. The van der Waals surface area contributed by atoms with E-state index >= 15 is 0 Å². The molecule has 0 atom stereocenters. The number of anilines is 1. The number of amides is 1.